The fourth-order valence-corrected chi connectivity index (χ4v) is 4.64. The standard InChI is InChI=1S/C15H23NO4S/c1-11-6-5-9-16(10-11)21(17,18)14-8-7-13(19-3)12(2)15(14)20-4/h7-8,11H,5-6,9-10H2,1-4H3. The van der Waals surface area contributed by atoms with E-state index in [4.69, 9.17) is 9.47 Å². The highest BCUT2D eigenvalue weighted by atomic mass is 32.2. The highest BCUT2D eigenvalue weighted by Gasteiger charge is 2.32. The van der Waals surface area contributed by atoms with Crippen molar-refractivity contribution in [2.24, 2.45) is 5.92 Å². The normalized spacial score (nSPS) is 20.3. The van der Waals surface area contributed by atoms with Crippen LogP contribution < -0.4 is 9.47 Å². The largest absolute Gasteiger partial charge is 0.496 e. The molecule has 1 saturated heterocycles. The van der Waals surface area contributed by atoms with E-state index in [1.807, 2.05) is 0 Å². The molecule has 0 amide bonds. The number of rotatable bonds is 4. The van der Waals surface area contributed by atoms with Crippen molar-refractivity contribution >= 4 is 10.0 Å². The van der Waals surface area contributed by atoms with Gasteiger partial charge in [-0.15, -0.1) is 0 Å². The SMILES string of the molecule is COc1ccc(S(=O)(=O)N2CCCC(C)C2)c(OC)c1C. The molecule has 5 nitrogen and oxygen atoms in total. The molecule has 0 bridgehead atoms. The molecule has 6 heteroatoms. The maximum Gasteiger partial charge on any atom is 0.246 e. The first-order chi connectivity index (χ1) is 9.91. The van der Waals surface area contributed by atoms with E-state index >= 15 is 0 Å². The summed E-state index contributed by atoms with van der Waals surface area (Å²) in [5.74, 6) is 1.38. The van der Waals surface area contributed by atoms with Gasteiger partial charge in [0, 0.05) is 18.7 Å². The summed E-state index contributed by atoms with van der Waals surface area (Å²) in [6.45, 7) is 5.02. The van der Waals surface area contributed by atoms with Crippen LogP contribution in [-0.2, 0) is 10.0 Å². The lowest BCUT2D eigenvalue weighted by Crippen LogP contribution is -2.39. The molecule has 1 heterocycles. The van der Waals surface area contributed by atoms with Crippen LogP contribution in [0, 0.1) is 12.8 Å². The Morgan fingerprint density at radius 2 is 1.95 bits per heavy atom. The van der Waals surface area contributed by atoms with Crippen molar-refractivity contribution in [2.75, 3.05) is 27.3 Å². The summed E-state index contributed by atoms with van der Waals surface area (Å²) in [6, 6.07) is 3.25. The summed E-state index contributed by atoms with van der Waals surface area (Å²) >= 11 is 0. The highest BCUT2D eigenvalue weighted by molar-refractivity contribution is 7.89. The first-order valence-corrected chi connectivity index (χ1v) is 8.57. The van der Waals surface area contributed by atoms with Crippen molar-refractivity contribution in [2.45, 2.75) is 31.6 Å². The zero-order chi connectivity index (χ0) is 15.6. The van der Waals surface area contributed by atoms with Crippen molar-refractivity contribution in [1.29, 1.82) is 0 Å². The third-order valence-electron chi connectivity index (χ3n) is 3.98. The van der Waals surface area contributed by atoms with E-state index in [0.717, 1.165) is 12.8 Å². The fraction of sp³-hybridized carbons (Fsp3) is 0.600. The van der Waals surface area contributed by atoms with Gasteiger partial charge in [-0.25, -0.2) is 8.42 Å². The smallest absolute Gasteiger partial charge is 0.246 e. The predicted molar refractivity (Wildman–Crippen MR) is 81.4 cm³/mol. The lowest BCUT2D eigenvalue weighted by molar-refractivity contribution is 0.280. The molecule has 0 spiro atoms. The van der Waals surface area contributed by atoms with Gasteiger partial charge in [-0.05, 0) is 37.8 Å². The molecule has 2 rings (SSSR count). The van der Waals surface area contributed by atoms with Gasteiger partial charge in [0.25, 0.3) is 0 Å². The monoisotopic (exact) mass is 313 g/mol. The molecular weight excluding hydrogens is 290 g/mol. The molecule has 1 atom stereocenters. The van der Waals surface area contributed by atoms with Crippen molar-refractivity contribution in [3.8, 4) is 11.5 Å². The minimum absolute atomic E-state index is 0.220. The van der Waals surface area contributed by atoms with Gasteiger partial charge in [0.1, 0.15) is 16.4 Å². The lowest BCUT2D eigenvalue weighted by atomic mass is 10.0. The van der Waals surface area contributed by atoms with E-state index in [9.17, 15) is 8.42 Å². The van der Waals surface area contributed by atoms with Crippen LogP contribution in [0.1, 0.15) is 25.3 Å². The molecule has 1 aliphatic heterocycles. The summed E-state index contributed by atoms with van der Waals surface area (Å²) in [6.07, 6.45) is 1.97. The minimum Gasteiger partial charge on any atom is -0.496 e. The van der Waals surface area contributed by atoms with Crippen LogP contribution in [0.4, 0.5) is 0 Å². The van der Waals surface area contributed by atoms with Gasteiger partial charge >= 0.3 is 0 Å². The van der Waals surface area contributed by atoms with Crippen molar-refractivity contribution < 1.29 is 17.9 Å². The molecule has 1 aromatic rings. The van der Waals surface area contributed by atoms with E-state index < -0.39 is 10.0 Å². The third kappa shape index (κ3) is 3.01. The van der Waals surface area contributed by atoms with E-state index in [-0.39, 0.29) is 4.90 Å². The van der Waals surface area contributed by atoms with Gasteiger partial charge in [-0.2, -0.15) is 4.31 Å². The van der Waals surface area contributed by atoms with E-state index in [1.165, 1.54) is 7.11 Å². The first kappa shape index (κ1) is 16.1. The molecular formula is C15H23NO4S. The van der Waals surface area contributed by atoms with Crippen molar-refractivity contribution in [3.05, 3.63) is 17.7 Å². The van der Waals surface area contributed by atoms with Crippen LogP contribution in [0.3, 0.4) is 0 Å². The van der Waals surface area contributed by atoms with Crippen LogP contribution in [0.2, 0.25) is 0 Å². The Morgan fingerprint density at radius 1 is 1.24 bits per heavy atom. The summed E-state index contributed by atoms with van der Waals surface area (Å²) in [5, 5.41) is 0. The van der Waals surface area contributed by atoms with E-state index in [1.54, 1.807) is 30.5 Å². The summed E-state index contributed by atoms with van der Waals surface area (Å²) in [4.78, 5) is 0.220. The third-order valence-corrected chi connectivity index (χ3v) is 5.87. The number of nitrogens with zero attached hydrogens (tertiary/aromatic N) is 1. The Balaban J connectivity index is 2.47. The molecule has 0 radical (unpaired) electrons. The van der Waals surface area contributed by atoms with Crippen LogP contribution in [0.25, 0.3) is 0 Å². The van der Waals surface area contributed by atoms with Gasteiger partial charge < -0.3 is 9.47 Å². The van der Waals surface area contributed by atoms with E-state index in [2.05, 4.69) is 6.92 Å². The molecule has 0 aliphatic carbocycles. The Kier molecular flexibility index (Phi) is 4.78. The number of sulfonamides is 1. The average Bonchev–Trinajstić information content (AvgIpc) is 2.46. The second-order valence-electron chi connectivity index (χ2n) is 5.53. The Morgan fingerprint density at radius 3 is 2.52 bits per heavy atom. The fourth-order valence-electron chi connectivity index (χ4n) is 2.83. The molecule has 0 N–H and O–H groups in total. The van der Waals surface area contributed by atoms with Gasteiger partial charge in [0.05, 0.1) is 14.2 Å². The second-order valence-corrected chi connectivity index (χ2v) is 7.44. The Hall–Kier alpha value is -1.27. The zero-order valence-electron chi connectivity index (χ0n) is 13.0. The lowest BCUT2D eigenvalue weighted by Gasteiger charge is -2.30. The maximum absolute atomic E-state index is 12.9. The average molecular weight is 313 g/mol. The van der Waals surface area contributed by atoms with Gasteiger partial charge in [-0.1, -0.05) is 6.92 Å². The zero-order valence-corrected chi connectivity index (χ0v) is 13.9. The summed E-state index contributed by atoms with van der Waals surface area (Å²) < 4.78 is 37.9. The summed E-state index contributed by atoms with van der Waals surface area (Å²) in [7, 11) is -0.489. The Labute approximate surface area is 126 Å². The van der Waals surface area contributed by atoms with Crippen LogP contribution in [0.5, 0.6) is 11.5 Å². The quantitative estimate of drug-likeness (QED) is 0.856. The summed E-state index contributed by atoms with van der Waals surface area (Å²) in [5.41, 5.74) is 0.700. The number of benzene rings is 1. The molecule has 1 aliphatic rings. The van der Waals surface area contributed by atoms with Crippen LogP contribution in [0.15, 0.2) is 17.0 Å². The Bertz CT molecular complexity index is 612. The number of methoxy groups -OCH3 is 2. The highest BCUT2D eigenvalue weighted by Crippen LogP contribution is 2.36. The maximum atomic E-state index is 12.9. The van der Waals surface area contributed by atoms with Crippen molar-refractivity contribution in [3.63, 3.8) is 0 Å². The van der Waals surface area contributed by atoms with E-state index in [0.29, 0.717) is 36.1 Å². The minimum atomic E-state index is -3.53. The number of piperidine rings is 1. The first-order valence-electron chi connectivity index (χ1n) is 7.13. The van der Waals surface area contributed by atoms with Gasteiger partial charge in [-0.3, -0.25) is 0 Å². The number of hydrogen-bond donors (Lipinski definition) is 0. The van der Waals surface area contributed by atoms with Gasteiger partial charge in [0.2, 0.25) is 10.0 Å². The topological polar surface area (TPSA) is 55.8 Å². The van der Waals surface area contributed by atoms with Crippen LogP contribution in [-0.4, -0.2) is 40.0 Å². The molecule has 1 aromatic carbocycles. The molecule has 1 unspecified atom stereocenters. The second kappa shape index (κ2) is 6.23. The number of hydrogen-bond acceptors (Lipinski definition) is 4. The molecule has 0 aromatic heterocycles. The number of ether oxygens (including phenoxy) is 2. The van der Waals surface area contributed by atoms with Gasteiger partial charge in [0.15, 0.2) is 0 Å². The predicted octanol–water partition coefficient (Wildman–Crippen LogP) is 2.43. The molecule has 21 heavy (non-hydrogen) atoms. The van der Waals surface area contributed by atoms with Crippen LogP contribution >= 0.6 is 0 Å². The van der Waals surface area contributed by atoms with Crippen molar-refractivity contribution in [1.82, 2.24) is 4.31 Å². The molecule has 0 saturated carbocycles. The molecule has 118 valence electrons. The molecule has 1 fully saturated rings.